The first kappa shape index (κ1) is 19.4. The molecule has 1 aromatic rings. The highest BCUT2D eigenvalue weighted by atomic mass is 32.2. The summed E-state index contributed by atoms with van der Waals surface area (Å²) in [5, 5.41) is -0.528. The van der Waals surface area contributed by atoms with Crippen LogP contribution in [0, 0.1) is 12.3 Å². The van der Waals surface area contributed by atoms with E-state index in [1.54, 1.807) is 24.3 Å². The van der Waals surface area contributed by atoms with Crippen LogP contribution in [0.5, 0.6) is 11.5 Å². The molecule has 1 saturated heterocycles. The first-order valence-electron chi connectivity index (χ1n) is 7.52. The van der Waals surface area contributed by atoms with Gasteiger partial charge in [-0.3, -0.25) is 14.5 Å². The number of hydrogen-bond donors (Lipinski definition) is 0. The molecule has 0 spiro atoms. The van der Waals surface area contributed by atoms with Gasteiger partial charge in [0.15, 0.2) is 11.5 Å². The topological polar surface area (TPSA) is 82.1 Å². The lowest BCUT2D eigenvalue weighted by molar-refractivity contribution is -0.148. The molecule has 0 bridgehead atoms. The number of imide groups is 1. The number of terminal acetylenes is 1. The number of nitrogens with zero attached hydrogens (tertiary/aromatic N) is 1. The Labute approximate surface area is 155 Å². The van der Waals surface area contributed by atoms with Gasteiger partial charge in [-0.05, 0) is 42.5 Å². The van der Waals surface area contributed by atoms with Gasteiger partial charge in [0, 0.05) is 0 Å². The maximum atomic E-state index is 12.5. The molecule has 7 nitrogen and oxygen atoms in total. The molecule has 1 aromatic carbocycles. The summed E-state index contributed by atoms with van der Waals surface area (Å²) in [5.74, 6) is 2.06. The Bertz CT molecular complexity index is 810. The minimum Gasteiger partial charge on any atom is -0.493 e. The van der Waals surface area contributed by atoms with Crippen LogP contribution in [0.1, 0.15) is 12.5 Å². The van der Waals surface area contributed by atoms with E-state index in [-0.39, 0.29) is 11.5 Å². The SMILES string of the molecule is C#CCOc1ccc(/C=C2/SC(=O)N([C@@H](C)C(=O)OC)C2=O)cc1OC. The maximum Gasteiger partial charge on any atom is 0.328 e. The van der Waals surface area contributed by atoms with Gasteiger partial charge in [0.1, 0.15) is 12.6 Å². The molecule has 8 heteroatoms. The molecule has 1 atom stereocenters. The molecule has 0 radical (unpaired) electrons. The van der Waals surface area contributed by atoms with Crippen LogP contribution in [-0.2, 0) is 14.3 Å². The van der Waals surface area contributed by atoms with Crippen LogP contribution < -0.4 is 9.47 Å². The molecule has 0 saturated carbocycles. The molecule has 2 rings (SSSR count). The highest BCUT2D eigenvalue weighted by Crippen LogP contribution is 2.35. The van der Waals surface area contributed by atoms with E-state index in [4.69, 9.17) is 15.9 Å². The second-order valence-electron chi connectivity index (χ2n) is 5.15. The zero-order valence-corrected chi connectivity index (χ0v) is 15.3. The fraction of sp³-hybridized carbons (Fsp3) is 0.278. The van der Waals surface area contributed by atoms with Gasteiger partial charge in [0.25, 0.3) is 11.1 Å². The molecule has 1 aliphatic rings. The van der Waals surface area contributed by atoms with Crippen LogP contribution in [0.25, 0.3) is 6.08 Å². The lowest BCUT2D eigenvalue weighted by Crippen LogP contribution is -2.42. The second-order valence-corrected chi connectivity index (χ2v) is 6.15. The Morgan fingerprint density at radius 1 is 1.35 bits per heavy atom. The van der Waals surface area contributed by atoms with Crippen molar-refractivity contribution >= 4 is 35.0 Å². The van der Waals surface area contributed by atoms with E-state index in [0.29, 0.717) is 17.1 Å². The smallest absolute Gasteiger partial charge is 0.328 e. The van der Waals surface area contributed by atoms with Crippen molar-refractivity contribution < 1.29 is 28.6 Å². The minimum atomic E-state index is -0.993. The lowest BCUT2D eigenvalue weighted by Gasteiger charge is -2.18. The van der Waals surface area contributed by atoms with Gasteiger partial charge in [-0.2, -0.15) is 0 Å². The van der Waals surface area contributed by atoms with Crippen LogP contribution in [0.2, 0.25) is 0 Å². The summed E-state index contributed by atoms with van der Waals surface area (Å²) in [6, 6.07) is 4.02. The molecule has 0 N–H and O–H groups in total. The number of carbonyl (C=O) groups excluding carboxylic acids is 3. The highest BCUT2D eigenvalue weighted by molar-refractivity contribution is 8.18. The molecule has 0 aliphatic carbocycles. The summed E-state index contributed by atoms with van der Waals surface area (Å²) in [6.07, 6.45) is 6.71. The average molecular weight is 375 g/mol. The molecule has 1 fully saturated rings. The summed E-state index contributed by atoms with van der Waals surface area (Å²) in [5.41, 5.74) is 0.631. The number of carbonyl (C=O) groups is 3. The first-order chi connectivity index (χ1) is 12.4. The van der Waals surface area contributed by atoms with Gasteiger partial charge < -0.3 is 14.2 Å². The van der Waals surface area contributed by atoms with Crippen molar-refractivity contribution in [1.82, 2.24) is 4.90 Å². The molecule has 0 unspecified atom stereocenters. The second kappa shape index (κ2) is 8.45. The van der Waals surface area contributed by atoms with Crippen LogP contribution >= 0.6 is 11.8 Å². The summed E-state index contributed by atoms with van der Waals surface area (Å²) < 4.78 is 15.2. The molecule has 136 valence electrons. The number of thioether (sulfide) groups is 1. The van der Waals surface area contributed by atoms with Gasteiger partial charge in [0.05, 0.1) is 19.1 Å². The van der Waals surface area contributed by atoms with Crippen LogP contribution in [-0.4, -0.2) is 48.9 Å². The Morgan fingerprint density at radius 2 is 2.08 bits per heavy atom. The number of amides is 2. The van der Waals surface area contributed by atoms with Gasteiger partial charge >= 0.3 is 5.97 Å². The number of methoxy groups -OCH3 is 2. The lowest BCUT2D eigenvalue weighted by atomic mass is 10.1. The normalized spacial score (nSPS) is 16.4. The molecule has 1 aliphatic heterocycles. The van der Waals surface area contributed by atoms with Gasteiger partial charge in [-0.15, -0.1) is 6.42 Å². The third-order valence-electron chi connectivity index (χ3n) is 3.55. The predicted octanol–water partition coefficient (Wildman–Crippen LogP) is 2.30. The van der Waals surface area contributed by atoms with Crippen molar-refractivity contribution in [2.75, 3.05) is 20.8 Å². The molecule has 1 heterocycles. The number of ether oxygens (including phenoxy) is 3. The van der Waals surface area contributed by atoms with Crippen LogP contribution in [0.15, 0.2) is 23.1 Å². The van der Waals surface area contributed by atoms with Crippen molar-refractivity contribution in [2.24, 2.45) is 0 Å². The monoisotopic (exact) mass is 375 g/mol. The Morgan fingerprint density at radius 3 is 2.69 bits per heavy atom. The third kappa shape index (κ3) is 4.00. The van der Waals surface area contributed by atoms with Gasteiger partial charge in [0.2, 0.25) is 0 Å². The first-order valence-corrected chi connectivity index (χ1v) is 8.33. The Kier molecular flexibility index (Phi) is 6.31. The fourth-order valence-electron chi connectivity index (χ4n) is 2.25. The van der Waals surface area contributed by atoms with E-state index in [9.17, 15) is 14.4 Å². The number of hydrogen-bond acceptors (Lipinski definition) is 7. The van der Waals surface area contributed by atoms with E-state index >= 15 is 0 Å². The molecule has 2 amide bonds. The number of rotatable bonds is 6. The fourth-order valence-corrected chi connectivity index (χ4v) is 3.16. The summed E-state index contributed by atoms with van der Waals surface area (Å²) >= 11 is 0.757. The van der Waals surface area contributed by atoms with Crippen molar-refractivity contribution in [3.05, 3.63) is 28.7 Å². The molecular weight excluding hydrogens is 358 g/mol. The minimum absolute atomic E-state index is 0.0972. The molecule has 26 heavy (non-hydrogen) atoms. The standard InChI is InChI=1S/C18H17NO6S/c1-5-8-25-13-7-6-12(9-14(13)23-3)10-15-16(20)19(18(22)26-15)11(2)17(21)24-4/h1,6-7,9-11H,8H2,2-4H3/b15-10+/t11-/m0/s1. The van der Waals surface area contributed by atoms with Crippen LogP contribution in [0.3, 0.4) is 0 Å². The number of esters is 1. The maximum absolute atomic E-state index is 12.5. The average Bonchev–Trinajstić information content (AvgIpc) is 2.92. The van der Waals surface area contributed by atoms with E-state index < -0.39 is 23.2 Å². The summed E-state index contributed by atoms with van der Waals surface area (Å²) in [6.45, 7) is 1.53. The molecule has 0 aromatic heterocycles. The van der Waals surface area contributed by atoms with Gasteiger partial charge in [-0.1, -0.05) is 12.0 Å². The quantitative estimate of drug-likeness (QED) is 0.429. The van der Waals surface area contributed by atoms with Crippen molar-refractivity contribution in [3.63, 3.8) is 0 Å². The largest absolute Gasteiger partial charge is 0.493 e. The number of benzene rings is 1. The Hall–Kier alpha value is -2.92. The van der Waals surface area contributed by atoms with Gasteiger partial charge in [-0.25, -0.2) is 4.79 Å². The van der Waals surface area contributed by atoms with E-state index in [2.05, 4.69) is 10.7 Å². The zero-order chi connectivity index (χ0) is 19.3. The van der Waals surface area contributed by atoms with Crippen LogP contribution in [0.4, 0.5) is 4.79 Å². The van der Waals surface area contributed by atoms with Crippen molar-refractivity contribution in [2.45, 2.75) is 13.0 Å². The third-order valence-corrected chi connectivity index (χ3v) is 4.43. The van der Waals surface area contributed by atoms with Crippen molar-refractivity contribution in [1.29, 1.82) is 0 Å². The summed E-state index contributed by atoms with van der Waals surface area (Å²) in [4.78, 5) is 37.3. The van der Waals surface area contributed by atoms with E-state index in [1.807, 2.05) is 0 Å². The van der Waals surface area contributed by atoms with Crippen molar-refractivity contribution in [3.8, 4) is 23.8 Å². The highest BCUT2D eigenvalue weighted by Gasteiger charge is 2.41. The van der Waals surface area contributed by atoms with E-state index in [0.717, 1.165) is 16.7 Å². The predicted molar refractivity (Wildman–Crippen MR) is 96.6 cm³/mol. The van der Waals surface area contributed by atoms with E-state index in [1.165, 1.54) is 21.1 Å². The molecular formula is C18H17NO6S. The zero-order valence-electron chi connectivity index (χ0n) is 14.5. The Balaban J connectivity index is 2.27. The summed E-state index contributed by atoms with van der Waals surface area (Å²) in [7, 11) is 2.68.